The Morgan fingerprint density at radius 2 is 1.96 bits per heavy atom. The van der Waals surface area contributed by atoms with E-state index in [0.717, 1.165) is 36.1 Å². The quantitative estimate of drug-likeness (QED) is 0.830. The molecule has 4 rings (SSSR count). The standard InChI is InChI=1S/C19H22N4O3/c1-25-16-3-4-17-14(12-16)11-15(13-26-17)18(24)22-7-9-23(10-8-22)19-20-5-2-6-21-19/h2-6,12,15H,7-11,13H2,1H3. The van der Waals surface area contributed by atoms with Gasteiger partial charge in [0.25, 0.3) is 0 Å². The molecule has 0 N–H and O–H groups in total. The van der Waals surface area contributed by atoms with Crippen LogP contribution in [0.2, 0.25) is 0 Å². The minimum absolute atomic E-state index is 0.144. The smallest absolute Gasteiger partial charge is 0.229 e. The number of fused-ring (bicyclic) bond motifs is 1. The fraction of sp³-hybridized carbons (Fsp3) is 0.421. The highest BCUT2D eigenvalue weighted by Gasteiger charge is 2.31. The fourth-order valence-corrected chi connectivity index (χ4v) is 3.50. The number of nitrogens with zero attached hydrogens (tertiary/aromatic N) is 4. The Bertz CT molecular complexity index is 776. The number of benzene rings is 1. The van der Waals surface area contributed by atoms with Gasteiger partial charge in [0.1, 0.15) is 18.1 Å². The number of aromatic nitrogens is 2. The van der Waals surface area contributed by atoms with Crippen LogP contribution in [-0.4, -0.2) is 60.7 Å². The van der Waals surface area contributed by atoms with Crippen LogP contribution in [0.4, 0.5) is 5.95 Å². The molecule has 0 aliphatic carbocycles. The second-order valence-electron chi connectivity index (χ2n) is 6.55. The molecule has 2 aliphatic heterocycles. The van der Waals surface area contributed by atoms with Crippen LogP contribution < -0.4 is 14.4 Å². The number of methoxy groups -OCH3 is 1. The van der Waals surface area contributed by atoms with Gasteiger partial charge in [-0.15, -0.1) is 0 Å². The zero-order valence-corrected chi connectivity index (χ0v) is 14.8. The lowest BCUT2D eigenvalue weighted by molar-refractivity contribution is -0.137. The van der Waals surface area contributed by atoms with Crippen LogP contribution in [0.1, 0.15) is 5.56 Å². The van der Waals surface area contributed by atoms with Crippen LogP contribution in [0.5, 0.6) is 11.5 Å². The van der Waals surface area contributed by atoms with Gasteiger partial charge in [-0.1, -0.05) is 0 Å². The third kappa shape index (κ3) is 3.29. The van der Waals surface area contributed by atoms with Gasteiger partial charge in [0.05, 0.1) is 13.0 Å². The summed E-state index contributed by atoms with van der Waals surface area (Å²) in [6.07, 6.45) is 4.17. The summed E-state index contributed by atoms with van der Waals surface area (Å²) in [4.78, 5) is 25.5. The third-order valence-corrected chi connectivity index (χ3v) is 4.95. The first-order valence-corrected chi connectivity index (χ1v) is 8.85. The lowest BCUT2D eigenvalue weighted by Gasteiger charge is -2.37. The molecule has 7 heteroatoms. The summed E-state index contributed by atoms with van der Waals surface area (Å²) in [5.74, 6) is 2.38. The number of hydrogen-bond acceptors (Lipinski definition) is 6. The molecule has 1 aromatic heterocycles. The maximum absolute atomic E-state index is 12.9. The van der Waals surface area contributed by atoms with Crippen LogP contribution in [0.15, 0.2) is 36.7 Å². The highest BCUT2D eigenvalue weighted by atomic mass is 16.5. The Kier molecular flexibility index (Phi) is 4.60. The van der Waals surface area contributed by atoms with E-state index in [4.69, 9.17) is 9.47 Å². The highest BCUT2D eigenvalue weighted by Crippen LogP contribution is 2.31. The average Bonchev–Trinajstić information content (AvgIpc) is 2.73. The number of piperazine rings is 1. The van der Waals surface area contributed by atoms with E-state index < -0.39 is 0 Å². The molecule has 1 amide bonds. The number of ether oxygens (including phenoxy) is 2. The molecule has 1 aromatic carbocycles. The molecule has 1 unspecified atom stereocenters. The second kappa shape index (κ2) is 7.19. The topological polar surface area (TPSA) is 67.8 Å². The largest absolute Gasteiger partial charge is 0.497 e. The van der Waals surface area contributed by atoms with Gasteiger partial charge >= 0.3 is 0 Å². The van der Waals surface area contributed by atoms with Crippen molar-refractivity contribution in [1.82, 2.24) is 14.9 Å². The van der Waals surface area contributed by atoms with Crippen LogP contribution in [0.3, 0.4) is 0 Å². The molecule has 0 spiro atoms. The summed E-state index contributed by atoms with van der Waals surface area (Å²) in [7, 11) is 1.64. The Hall–Kier alpha value is -2.83. The van der Waals surface area contributed by atoms with Crippen molar-refractivity contribution in [3.05, 3.63) is 42.2 Å². The predicted octanol–water partition coefficient (Wildman–Crippen LogP) is 1.39. The summed E-state index contributed by atoms with van der Waals surface area (Å²) in [5.41, 5.74) is 1.03. The van der Waals surface area contributed by atoms with Gasteiger partial charge in [0.2, 0.25) is 11.9 Å². The zero-order chi connectivity index (χ0) is 17.9. The van der Waals surface area contributed by atoms with Crippen molar-refractivity contribution in [3.63, 3.8) is 0 Å². The summed E-state index contributed by atoms with van der Waals surface area (Å²) in [6.45, 7) is 3.28. The normalized spacial score (nSPS) is 19.5. The summed E-state index contributed by atoms with van der Waals surface area (Å²) < 4.78 is 11.1. The van der Waals surface area contributed by atoms with E-state index in [9.17, 15) is 4.79 Å². The summed E-state index contributed by atoms with van der Waals surface area (Å²) >= 11 is 0. The summed E-state index contributed by atoms with van der Waals surface area (Å²) in [5, 5.41) is 0. The number of amides is 1. The monoisotopic (exact) mass is 354 g/mol. The molecule has 26 heavy (non-hydrogen) atoms. The maximum Gasteiger partial charge on any atom is 0.229 e. The predicted molar refractivity (Wildman–Crippen MR) is 96.5 cm³/mol. The van der Waals surface area contributed by atoms with Gasteiger partial charge in [-0.25, -0.2) is 9.97 Å². The van der Waals surface area contributed by atoms with Crippen molar-refractivity contribution in [1.29, 1.82) is 0 Å². The van der Waals surface area contributed by atoms with Crippen LogP contribution >= 0.6 is 0 Å². The van der Waals surface area contributed by atoms with Gasteiger partial charge in [-0.3, -0.25) is 4.79 Å². The molecule has 1 saturated heterocycles. The van der Waals surface area contributed by atoms with Gasteiger partial charge in [-0.05, 0) is 36.2 Å². The van der Waals surface area contributed by atoms with Gasteiger partial charge in [-0.2, -0.15) is 0 Å². The Labute approximate surface area is 152 Å². The molecular formula is C19H22N4O3. The van der Waals surface area contributed by atoms with Crippen LogP contribution in [0.25, 0.3) is 0 Å². The number of carbonyl (C=O) groups excluding carboxylic acids is 1. The van der Waals surface area contributed by atoms with E-state index >= 15 is 0 Å². The molecule has 0 bridgehead atoms. The first kappa shape index (κ1) is 16.6. The number of hydrogen-bond donors (Lipinski definition) is 0. The van der Waals surface area contributed by atoms with E-state index in [1.54, 1.807) is 25.6 Å². The van der Waals surface area contributed by atoms with Gasteiger partial charge < -0.3 is 19.3 Å². The summed E-state index contributed by atoms with van der Waals surface area (Å²) in [6, 6.07) is 7.55. The molecule has 0 radical (unpaired) electrons. The minimum Gasteiger partial charge on any atom is -0.497 e. The van der Waals surface area contributed by atoms with E-state index in [1.165, 1.54) is 0 Å². The molecule has 3 heterocycles. The molecule has 136 valence electrons. The van der Waals surface area contributed by atoms with Crippen molar-refractivity contribution in [2.45, 2.75) is 6.42 Å². The number of rotatable bonds is 3. The van der Waals surface area contributed by atoms with E-state index in [1.807, 2.05) is 23.1 Å². The lowest BCUT2D eigenvalue weighted by Crippen LogP contribution is -2.52. The van der Waals surface area contributed by atoms with Crippen molar-refractivity contribution in [3.8, 4) is 11.5 Å². The molecule has 2 aliphatic rings. The first-order chi connectivity index (χ1) is 12.7. The van der Waals surface area contributed by atoms with Crippen molar-refractivity contribution in [2.75, 3.05) is 44.8 Å². The number of carbonyl (C=O) groups is 1. The van der Waals surface area contributed by atoms with Gasteiger partial charge in [0, 0.05) is 38.6 Å². The lowest BCUT2D eigenvalue weighted by atomic mass is 9.95. The molecule has 1 atom stereocenters. The second-order valence-corrected chi connectivity index (χ2v) is 6.55. The van der Waals surface area contributed by atoms with Crippen LogP contribution in [-0.2, 0) is 11.2 Å². The molecule has 7 nitrogen and oxygen atoms in total. The van der Waals surface area contributed by atoms with Crippen molar-refractivity contribution in [2.24, 2.45) is 5.92 Å². The molecule has 1 fully saturated rings. The SMILES string of the molecule is COc1ccc2c(c1)CC(C(=O)N1CCN(c3ncccn3)CC1)CO2. The fourth-order valence-electron chi connectivity index (χ4n) is 3.50. The third-order valence-electron chi connectivity index (χ3n) is 4.95. The van der Waals surface area contributed by atoms with E-state index in [0.29, 0.717) is 26.1 Å². The van der Waals surface area contributed by atoms with Crippen LogP contribution in [0, 0.1) is 5.92 Å². The van der Waals surface area contributed by atoms with E-state index in [-0.39, 0.29) is 11.8 Å². The number of anilines is 1. The van der Waals surface area contributed by atoms with Crippen molar-refractivity contribution < 1.29 is 14.3 Å². The van der Waals surface area contributed by atoms with Gasteiger partial charge in [0.15, 0.2) is 0 Å². The minimum atomic E-state index is -0.144. The van der Waals surface area contributed by atoms with Crippen molar-refractivity contribution >= 4 is 11.9 Å². The Balaban J connectivity index is 1.38. The molecule has 0 saturated carbocycles. The maximum atomic E-state index is 12.9. The zero-order valence-electron chi connectivity index (χ0n) is 14.8. The highest BCUT2D eigenvalue weighted by molar-refractivity contribution is 5.80. The molecular weight excluding hydrogens is 332 g/mol. The van der Waals surface area contributed by atoms with E-state index in [2.05, 4.69) is 14.9 Å². The molecule has 2 aromatic rings. The Morgan fingerprint density at radius 1 is 1.19 bits per heavy atom. The average molecular weight is 354 g/mol. The Morgan fingerprint density at radius 3 is 2.69 bits per heavy atom. The first-order valence-electron chi connectivity index (χ1n) is 8.85.